The highest BCUT2D eigenvalue weighted by atomic mass is 19.1. The van der Waals surface area contributed by atoms with E-state index in [2.05, 4.69) is 5.32 Å². The third-order valence-electron chi connectivity index (χ3n) is 4.82. The zero-order chi connectivity index (χ0) is 20.4. The van der Waals surface area contributed by atoms with E-state index in [0.717, 1.165) is 5.56 Å². The molecule has 0 spiro atoms. The third-order valence-corrected chi connectivity index (χ3v) is 4.82. The van der Waals surface area contributed by atoms with Crippen molar-refractivity contribution in [3.63, 3.8) is 0 Å². The van der Waals surface area contributed by atoms with Crippen LogP contribution in [0.25, 0.3) is 22.3 Å². The van der Waals surface area contributed by atoms with Gasteiger partial charge in [0, 0.05) is 23.2 Å². The van der Waals surface area contributed by atoms with Crippen LogP contribution in [0.15, 0.2) is 82.0 Å². The lowest BCUT2D eigenvalue weighted by atomic mass is 10.0. The number of amides is 1. The summed E-state index contributed by atoms with van der Waals surface area (Å²) >= 11 is 0. The number of benzene rings is 3. The molecule has 0 aliphatic rings. The molecule has 29 heavy (non-hydrogen) atoms. The average molecular weight is 387 g/mol. The summed E-state index contributed by atoms with van der Waals surface area (Å²) in [5, 5.41) is 3.03. The van der Waals surface area contributed by atoms with Gasteiger partial charge in [0.25, 0.3) is 5.91 Å². The lowest BCUT2D eigenvalue weighted by Crippen LogP contribution is -2.24. The Morgan fingerprint density at radius 1 is 0.966 bits per heavy atom. The fraction of sp³-hybridized carbons (Fsp3) is 0.0833. The van der Waals surface area contributed by atoms with E-state index in [1.54, 1.807) is 43.3 Å². The van der Waals surface area contributed by atoms with Gasteiger partial charge in [-0.1, -0.05) is 54.6 Å². The van der Waals surface area contributed by atoms with Gasteiger partial charge in [-0.25, -0.2) is 4.39 Å². The zero-order valence-corrected chi connectivity index (χ0v) is 15.7. The molecule has 4 rings (SSSR count). The summed E-state index contributed by atoms with van der Waals surface area (Å²) in [7, 11) is 0. The predicted molar refractivity (Wildman–Crippen MR) is 110 cm³/mol. The van der Waals surface area contributed by atoms with Crippen LogP contribution in [-0.4, -0.2) is 5.91 Å². The van der Waals surface area contributed by atoms with Crippen LogP contribution in [0.3, 0.4) is 0 Å². The molecule has 0 aliphatic carbocycles. The van der Waals surface area contributed by atoms with Crippen LogP contribution < -0.4 is 10.7 Å². The first-order valence-electron chi connectivity index (χ1n) is 9.19. The number of fused-ring (bicyclic) bond motifs is 1. The molecule has 4 nitrogen and oxygen atoms in total. The lowest BCUT2D eigenvalue weighted by molar-refractivity contribution is 0.0951. The second-order valence-corrected chi connectivity index (χ2v) is 6.71. The maximum Gasteiger partial charge on any atom is 0.255 e. The number of para-hydroxylation sites is 1. The number of carbonyl (C=O) groups excluding carboxylic acids is 1. The Morgan fingerprint density at radius 3 is 2.45 bits per heavy atom. The van der Waals surface area contributed by atoms with Gasteiger partial charge in [-0.3, -0.25) is 9.59 Å². The summed E-state index contributed by atoms with van der Waals surface area (Å²) in [6.45, 7) is 1.74. The quantitative estimate of drug-likeness (QED) is 0.545. The maximum atomic E-state index is 13.8. The van der Waals surface area contributed by atoms with E-state index in [0.29, 0.717) is 22.3 Å². The second kappa shape index (κ2) is 7.72. The summed E-state index contributed by atoms with van der Waals surface area (Å²) in [6.07, 6.45) is 0. The normalized spacial score (nSPS) is 10.8. The molecule has 0 aliphatic heterocycles. The molecule has 1 N–H and O–H groups in total. The van der Waals surface area contributed by atoms with E-state index in [1.807, 2.05) is 30.3 Å². The molecule has 3 aromatic carbocycles. The molecule has 0 saturated heterocycles. The molecule has 0 fully saturated rings. The van der Waals surface area contributed by atoms with Crippen molar-refractivity contribution in [1.29, 1.82) is 0 Å². The Morgan fingerprint density at radius 2 is 1.69 bits per heavy atom. The molecule has 0 unspecified atom stereocenters. The average Bonchev–Trinajstić information content (AvgIpc) is 2.75. The first-order valence-corrected chi connectivity index (χ1v) is 9.19. The van der Waals surface area contributed by atoms with E-state index in [9.17, 15) is 14.0 Å². The fourth-order valence-electron chi connectivity index (χ4n) is 3.27. The van der Waals surface area contributed by atoms with E-state index in [1.165, 1.54) is 6.07 Å². The van der Waals surface area contributed by atoms with Crippen molar-refractivity contribution in [3.05, 3.63) is 106 Å². The minimum Gasteiger partial charge on any atom is -0.455 e. The largest absolute Gasteiger partial charge is 0.455 e. The summed E-state index contributed by atoms with van der Waals surface area (Å²) < 4.78 is 19.9. The van der Waals surface area contributed by atoms with Crippen LogP contribution >= 0.6 is 0 Å². The smallest absolute Gasteiger partial charge is 0.255 e. The number of nitrogens with one attached hydrogen (secondary N) is 1. The van der Waals surface area contributed by atoms with Gasteiger partial charge in [-0.15, -0.1) is 0 Å². The number of hydrogen-bond donors (Lipinski definition) is 1. The Bertz CT molecular complexity index is 1260. The van der Waals surface area contributed by atoms with Crippen molar-refractivity contribution >= 4 is 16.9 Å². The van der Waals surface area contributed by atoms with Crippen LogP contribution in [0, 0.1) is 12.7 Å². The summed E-state index contributed by atoms with van der Waals surface area (Å²) in [5.74, 6) is -0.401. The summed E-state index contributed by atoms with van der Waals surface area (Å²) in [4.78, 5) is 25.7. The van der Waals surface area contributed by atoms with Crippen molar-refractivity contribution in [3.8, 4) is 11.3 Å². The standard InChI is InChI=1S/C24H18FNO3/c1-15-21(27)18-11-7-12-19(23(18)29-22(15)16-8-3-2-4-9-16)24(28)26-14-17-10-5-6-13-20(17)25/h2-13H,14H2,1H3,(H,26,28). The molecule has 1 aromatic heterocycles. The number of carbonyl (C=O) groups is 1. The molecule has 1 amide bonds. The highest BCUT2D eigenvalue weighted by Crippen LogP contribution is 2.27. The van der Waals surface area contributed by atoms with Crippen LogP contribution in [0.4, 0.5) is 4.39 Å². The highest BCUT2D eigenvalue weighted by molar-refractivity contribution is 6.05. The van der Waals surface area contributed by atoms with Gasteiger partial charge >= 0.3 is 0 Å². The third kappa shape index (κ3) is 3.55. The van der Waals surface area contributed by atoms with Crippen molar-refractivity contribution in [1.82, 2.24) is 5.32 Å². The van der Waals surface area contributed by atoms with Crippen LogP contribution in [-0.2, 0) is 6.54 Å². The highest BCUT2D eigenvalue weighted by Gasteiger charge is 2.18. The molecule has 5 heteroatoms. The van der Waals surface area contributed by atoms with E-state index in [4.69, 9.17) is 4.42 Å². The van der Waals surface area contributed by atoms with Crippen molar-refractivity contribution in [2.75, 3.05) is 0 Å². The maximum absolute atomic E-state index is 13.8. The molecule has 0 radical (unpaired) electrons. The topological polar surface area (TPSA) is 59.3 Å². The van der Waals surface area contributed by atoms with Gasteiger partial charge in [-0.05, 0) is 25.1 Å². The molecule has 0 bridgehead atoms. The number of rotatable bonds is 4. The molecule has 0 atom stereocenters. The Labute approximate surface area is 166 Å². The van der Waals surface area contributed by atoms with Gasteiger partial charge < -0.3 is 9.73 Å². The molecule has 4 aromatic rings. The summed E-state index contributed by atoms with van der Waals surface area (Å²) in [5.41, 5.74) is 1.87. The van der Waals surface area contributed by atoms with E-state index < -0.39 is 5.91 Å². The Balaban J connectivity index is 1.77. The van der Waals surface area contributed by atoms with Gasteiger partial charge in [0.1, 0.15) is 11.6 Å². The van der Waals surface area contributed by atoms with Gasteiger partial charge in [0.2, 0.25) is 0 Å². The Kier molecular flexibility index (Phi) is 4.96. The minimum absolute atomic E-state index is 0.0313. The van der Waals surface area contributed by atoms with Gasteiger partial charge in [0.05, 0.1) is 10.9 Å². The van der Waals surface area contributed by atoms with Crippen molar-refractivity contribution in [2.45, 2.75) is 13.5 Å². The van der Waals surface area contributed by atoms with Gasteiger partial charge in [-0.2, -0.15) is 0 Å². The van der Waals surface area contributed by atoms with Gasteiger partial charge in [0.15, 0.2) is 11.0 Å². The molecular formula is C24H18FNO3. The first-order chi connectivity index (χ1) is 14.1. The van der Waals surface area contributed by atoms with Crippen LogP contribution in [0.2, 0.25) is 0 Å². The molecule has 144 valence electrons. The second-order valence-electron chi connectivity index (χ2n) is 6.71. The number of hydrogen-bond acceptors (Lipinski definition) is 3. The zero-order valence-electron chi connectivity index (χ0n) is 15.7. The fourth-order valence-corrected chi connectivity index (χ4v) is 3.27. The monoisotopic (exact) mass is 387 g/mol. The van der Waals surface area contributed by atoms with E-state index in [-0.39, 0.29) is 28.9 Å². The molecule has 1 heterocycles. The van der Waals surface area contributed by atoms with Crippen LogP contribution in [0.5, 0.6) is 0 Å². The van der Waals surface area contributed by atoms with Crippen LogP contribution in [0.1, 0.15) is 21.5 Å². The lowest BCUT2D eigenvalue weighted by Gasteiger charge is -2.11. The minimum atomic E-state index is -0.440. The Hall–Kier alpha value is -3.73. The molecular weight excluding hydrogens is 369 g/mol. The number of halogens is 1. The van der Waals surface area contributed by atoms with Crippen molar-refractivity contribution < 1.29 is 13.6 Å². The summed E-state index contributed by atoms with van der Waals surface area (Å²) in [6, 6.07) is 20.4. The SMILES string of the molecule is Cc1c(-c2ccccc2)oc2c(C(=O)NCc3ccccc3F)cccc2c1=O. The first kappa shape index (κ1) is 18.6. The van der Waals surface area contributed by atoms with Crippen molar-refractivity contribution in [2.24, 2.45) is 0 Å². The van der Waals surface area contributed by atoms with E-state index >= 15 is 0 Å². The molecule has 0 saturated carbocycles. The predicted octanol–water partition coefficient (Wildman–Crippen LogP) is 4.84.